The molecule has 0 unspecified atom stereocenters. The number of carbonyl (C=O) groups is 2. The number of carbonyl (C=O) groups excluding carboxylic acids is 2. The zero-order chi connectivity index (χ0) is 22.8. The molecule has 2 amide bonds. The molecule has 2 aromatic carbocycles. The summed E-state index contributed by atoms with van der Waals surface area (Å²) in [6.07, 6.45) is 7.21. The molecule has 1 fully saturated rings. The summed E-state index contributed by atoms with van der Waals surface area (Å²) in [6.45, 7) is 3.94. The molecule has 2 heterocycles. The molecule has 5 heteroatoms. The van der Waals surface area contributed by atoms with Gasteiger partial charge in [0.25, 0.3) is 11.8 Å². The predicted molar refractivity (Wildman–Crippen MR) is 128 cm³/mol. The third-order valence-electron chi connectivity index (χ3n) is 7.18. The van der Waals surface area contributed by atoms with E-state index in [4.69, 9.17) is 4.74 Å². The Morgan fingerprint density at radius 2 is 1.58 bits per heavy atom. The van der Waals surface area contributed by atoms with Crippen LogP contribution in [-0.2, 0) is 22.6 Å². The second kappa shape index (κ2) is 9.42. The number of hydrogen-bond acceptors (Lipinski definition) is 4. The van der Waals surface area contributed by atoms with E-state index < -0.39 is 0 Å². The molecule has 0 bridgehead atoms. The summed E-state index contributed by atoms with van der Waals surface area (Å²) in [7, 11) is 0. The molecule has 0 atom stereocenters. The Bertz CT molecular complexity index is 1060. The van der Waals surface area contributed by atoms with Crippen LogP contribution >= 0.6 is 0 Å². The Labute approximate surface area is 196 Å². The van der Waals surface area contributed by atoms with Crippen molar-refractivity contribution in [1.82, 2.24) is 9.80 Å². The lowest BCUT2D eigenvalue weighted by Gasteiger charge is -2.32. The van der Waals surface area contributed by atoms with Gasteiger partial charge in [0.15, 0.2) is 0 Å². The molecule has 5 nitrogen and oxygen atoms in total. The van der Waals surface area contributed by atoms with Crippen LogP contribution in [-0.4, -0.2) is 40.8 Å². The molecule has 33 heavy (non-hydrogen) atoms. The minimum Gasteiger partial charge on any atom is -0.494 e. The van der Waals surface area contributed by atoms with E-state index in [9.17, 15) is 9.59 Å². The third kappa shape index (κ3) is 4.17. The second-order valence-electron chi connectivity index (χ2n) is 9.25. The summed E-state index contributed by atoms with van der Waals surface area (Å²) >= 11 is 0. The fourth-order valence-corrected chi connectivity index (χ4v) is 5.51. The van der Waals surface area contributed by atoms with E-state index >= 15 is 0 Å². The minimum absolute atomic E-state index is 0.000209. The zero-order valence-electron chi connectivity index (χ0n) is 19.4. The number of imide groups is 1. The molecule has 0 radical (unpaired) electrons. The van der Waals surface area contributed by atoms with Gasteiger partial charge in [-0.25, -0.2) is 0 Å². The van der Waals surface area contributed by atoms with Gasteiger partial charge in [0, 0.05) is 19.1 Å². The first kappa shape index (κ1) is 21.7. The van der Waals surface area contributed by atoms with Crippen molar-refractivity contribution >= 4 is 17.4 Å². The number of amides is 2. The van der Waals surface area contributed by atoms with Gasteiger partial charge in [-0.3, -0.25) is 14.5 Å². The van der Waals surface area contributed by atoms with Gasteiger partial charge in [0.2, 0.25) is 0 Å². The average molecular weight is 445 g/mol. The van der Waals surface area contributed by atoms with Crippen molar-refractivity contribution in [3.8, 4) is 5.75 Å². The summed E-state index contributed by atoms with van der Waals surface area (Å²) in [5, 5.41) is 0. The molecule has 0 spiro atoms. The van der Waals surface area contributed by atoms with Gasteiger partial charge in [0.1, 0.15) is 11.4 Å². The number of hydrogen-bond donors (Lipinski definition) is 0. The Balaban J connectivity index is 1.54. The highest BCUT2D eigenvalue weighted by Crippen LogP contribution is 2.38. The number of fused-ring (bicyclic) bond motifs is 1. The van der Waals surface area contributed by atoms with Gasteiger partial charge < -0.3 is 9.64 Å². The lowest BCUT2D eigenvalue weighted by atomic mass is 9.98. The molecule has 172 valence electrons. The van der Waals surface area contributed by atoms with Crippen molar-refractivity contribution < 1.29 is 14.3 Å². The van der Waals surface area contributed by atoms with E-state index in [-0.39, 0.29) is 17.9 Å². The van der Waals surface area contributed by atoms with Crippen LogP contribution in [0.5, 0.6) is 5.75 Å². The van der Waals surface area contributed by atoms with E-state index in [0.717, 1.165) is 50.0 Å². The molecule has 5 rings (SSSR count). The van der Waals surface area contributed by atoms with Crippen LogP contribution in [0.15, 0.2) is 54.2 Å². The molecule has 3 aliphatic rings. The Morgan fingerprint density at radius 3 is 2.27 bits per heavy atom. The number of benzene rings is 2. The maximum atomic E-state index is 13.9. The average Bonchev–Trinajstić information content (AvgIpc) is 2.99. The van der Waals surface area contributed by atoms with E-state index in [1.54, 1.807) is 4.90 Å². The van der Waals surface area contributed by atoms with E-state index in [2.05, 4.69) is 23.1 Å². The monoisotopic (exact) mass is 444 g/mol. The van der Waals surface area contributed by atoms with Gasteiger partial charge in [0.05, 0.1) is 12.2 Å². The maximum Gasteiger partial charge on any atom is 0.278 e. The summed E-state index contributed by atoms with van der Waals surface area (Å²) in [6, 6.07) is 16.0. The largest absolute Gasteiger partial charge is 0.494 e. The Kier molecular flexibility index (Phi) is 6.21. The lowest BCUT2D eigenvalue weighted by Crippen LogP contribution is -2.43. The number of ether oxygens (including phenoxy) is 1. The van der Waals surface area contributed by atoms with Crippen LogP contribution in [0.1, 0.15) is 62.1 Å². The molecular formula is C28H32N2O3. The van der Waals surface area contributed by atoms with E-state index in [1.165, 1.54) is 24.0 Å². The first-order chi connectivity index (χ1) is 16.2. The summed E-state index contributed by atoms with van der Waals surface area (Å²) in [5.41, 5.74) is 4.47. The smallest absolute Gasteiger partial charge is 0.278 e. The molecule has 0 aromatic heterocycles. The molecule has 1 saturated carbocycles. The van der Waals surface area contributed by atoms with Gasteiger partial charge >= 0.3 is 0 Å². The van der Waals surface area contributed by atoms with Gasteiger partial charge in [-0.05, 0) is 55.0 Å². The first-order valence-corrected chi connectivity index (χ1v) is 12.3. The van der Waals surface area contributed by atoms with Crippen molar-refractivity contribution in [3.05, 3.63) is 70.9 Å². The van der Waals surface area contributed by atoms with Crippen LogP contribution in [0, 0.1) is 0 Å². The topological polar surface area (TPSA) is 49.9 Å². The predicted octanol–water partition coefficient (Wildman–Crippen LogP) is 4.95. The highest BCUT2D eigenvalue weighted by molar-refractivity contribution is 6.35. The van der Waals surface area contributed by atoms with Crippen molar-refractivity contribution in [3.63, 3.8) is 0 Å². The standard InChI is InChI=1S/C28H32N2O3/c1-2-33-24-15-13-21(14-16-24)25-26(29-18-17-20-9-7-8-10-22(20)19-29)28(32)30(27(25)31)23-11-5-3-4-6-12-23/h7-10,13-16,23H,2-6,11-12,17-19H2,1H3. The van der Waals surface area contributed by atoms with E-state index in [0.29, 0.717) is 24.4 Å². The van der Waals surface area contributed by atoms with Crippen LogP contribution in [0.25, 0.3) is 5.57 Å². The molecule has 1 aliphatic carbocycles. The molecule has 2 aromatic rings. The maximum absolute atomic E-state index is 13.9. The minimum atomic E-state index is -0.134. The van der Waals surface area contributed by atoms with Crippen molar-refractivity contribution in [2.24, 2.45) is 0 Å². The molecular weight excluding hydrogens is 412 g/mol. The van der Waals surface area contributed by atoms with Crippen LogP contribution in [0.4, 0.5) is 0 Å². The van der Waals surface area contributed by atoms with E-state index in [1.807, 2.05) is 37.3 Å². The Hall–Kier alpha value is -3.08. The zero-order valence-corrected chi connectivity index (χ0v) is 19.4. The summed E-state index contributed by atoms with van der Waals surface area (Å²) < 4.78 is 5.60. The normalized spacial score (nSPS) is 19.7. The lowest BCUT2D eigenvalue weighted by molar-refractivity contribution is -0.140. The Morgan fingerprint density at radius 1 is 0.879 bits per heavy atom. The fraction of sp³-hybridized carbons (Fsp3) is 0.429. The fourth-order valence-electron chi connectivity index (χ4n) is 5.51. The second-order valence-corrected chi connectivity index (χ2v) is 9.25. The quantitative estimate of drug-likeness (QED) is 0.484. The van der Waals surface area contributed by atoms with Crippen LogP contribution in [0.2, 0.25) is 0 Å². The highest BCUT2D eigenvalue weighted by Gasteiger charge is 2.45. The summed E-state index contributed by atoms with van der Waals surface area (Å²) in [5.74, 6) is 0.521. The SMILES string of the molecule is CCOc1ccc(C2=C(N3CCc4ccccc4C3)C(=O)N(C3CCCCCC3)C2=O)cc1. The van der Waals surface area contributed by atoms with Crippen molar-refractivity contribution in [2.45, 2.75) is 64.5 Å². The number of rotatable bonds is 5. The molecule has 0 N–H and O–H groups in total. The highest BCUT2D eigenvalue weighted by atomic mass is 16.5. The van der Waals surface area contributed by atoms with Gasteiger partial charge in [-0.2, -0.15) is 0 Å². The van der Waals surface area contributed by atoms with Crippen LogP contribution in [0.3, 0.4) is 0 Å². The molecule has 0 saturated heterocycles. The van der Waals surface area contributed by atoms with Crippen molar-refractivity contribution in [1.29, 1.82) is 0 Å². The molecule has 2 aliphatic heterocycles. The van der Waals surface area contributed by atoms with Gasteiger partial charge in [-0.1, -0.05) is 62.1 Å². The number of nitrogens with zero attached hydrogens (tertiary/aromatic N) is 2. The van der Waals surface area contributed by atoms with Gasteiger partial charge in [-0.15, -0.1) is 0 Å². The van der Waals surface area contributed by atoms with Crippen LogP contribution < -0.4 is 4.74 Å². The third-order valence-corrected chi connectivity index (χ3v) is 7.18. The first-order valence-electron chi connectivity index (χ1n) is 12.3. The summed E-state index contributed by atoms with van der Waals surface area (Å²) in [4.78, 5) is 31.4. The van der Waals surface area contributed by atoms with Crippen molar-refractivity contribution in [2.75, 3.05) is 13.2 Å².